The summed E-state index contributed by atoms with van der Waals surface area (Å²) in [7, 11) is 0. The van der Waals surface area contributed by atoms with Gasteiger partial charge < -0.3 is 0 Å². The molecule has 0 spiro atoms. The van der Waals surface area contributed by atoms with Crippen LogP contribution in [0, 0.1) is 21.4 Å². The number of rotatable bonds is 3. The smallest absolute Gasteiger partial charge is 0.258 e. The number of nitro groups is 1. The largest absolute Gasteiger partial charge is 0.269 e. The molecule has 4 nitrogen and oxygen atoms in total. The number of nitriles is 1. The van der Waals surface area contributed by atoms with Crippen LogP contribution < -0.4 is 0 Å². The van der Waals surface area contributed by atoms with Crippen molar-refractivity contribution < 1.29 is 4.92 Å². The second-order valence-electron chi connectivity index (χ2n) is 3.97. The molecule has 20 heavy (non-hydrogen) atoms. The normalized spacial score (nSPS) is 11.4. The highest BCUT2D eigenvalue weighted by atomic mass is 35.5. The standard InChI is InChI=1S/C15H9ClN2O2/c16-15(12-6-8-13(9-7-12)18(19)20)14(10-17)11-4-2-1-3-5-11/h1-9H. The third-order valence-electron chi connectivity index (χ3n) is 2.73. The van der Waals surface area contributed by atoms with E-state index < -0.39 is 4.92 Å². The second kappa shape index (κ2) is 6.00. The van der Waals surface area contributed by atoms with E-state index in [0.29, 0.717) is 16.7 Å². The van der Waals surface area contributed by atoms with Gasteiger partial charge in [0, 0.05) is 12.1 Å². The molecule has 0 aliphatic heterocycles. The van der Waals surface area contributed by atoms with E-state index in [9.17, 15) is 15.4 Å². The zero-order valence-electron chi connectivity index (χ0n) is 10.3. The quantitative estimate of drug-likeness (QED) is 0.367. The minimum atomic E-state index is -0.482. The first-order valence-electron chi connectivity index (χ1n) is 5.73. The van der Waals surface area contributed by atoms with Gasteiger partial charge in [-0.25, -0.2) is 0 Å². The number of non-ortho nitro benzene ring substituents is 1. The Morgan fingerprint density at radius 3 is 2.15 bits per heavy atom. The Hall–Kier alpha value is -2.64. The van der Waals surface area contributed by atoms with E-state index in [1.807, 2.05) is 18.2 Å². The first-order valence-corrected chi connectivity index (χ1v) is 6.11. The molecule has 0 aliphatic carbocycles. The summed E-state index contributed by atoms with van der Waals surface area (Å²) in [5, 5.41) is 20.1. The number of hydrogen-bond acceptors (Lipinski definition) is 3. The van der Waals surface area contributed by atoms with Crippen LogP contribution in [-0.4, -0.2) is 4.92 Å². The van der Waals surface area contributed by atoms with Gasteiger partial charge in [0.15, 0.2) is 0 Å². The van der Waals surface area contributed by atoms with Crippen molar-refractivity contribution in [1.29, 1.82) is 5.26 Å². The summed E-state index contributed by atoms with van der Waals surface area (Å²) in [6.45, 7) is 0. The van der Waals surface area contributed by atoms with Crippen LogP contribution >= 0.6 is 11.6 Å². The lowest BCUT2D eigenvalue weighted by Crippen LogP contribution is -1.89. The summed E-state index contributed by atoms with van der Waals surface area (Å²) in [5.74, 6) is 0. The summed E-state index contributed by atoms with van der Waals surface area (Å²) < 4.78 is 0. The van der Waals surface area contributed by atoms with E-state index in [2.05, 4.69) is 6.07 Å². The first kappa shape index (κ1) is 13.8. The Bertz CT molecular complexity index is 701. The van der Waals surface area contributed by atoms with E-state index in [1.54, 1.807) is 12.1 Å². The van der Waals surface area contributed by atoms with Crippen LogP contribution in [0.1, 0.15) is 11.1 Å². The fraction of sp³-hybridized carbons (Fsp3) is 0. The zero-order chi connectivity index (χ0) is 14.5. The molecule has 0 aromatic heterocycles. The van der Waals surface area contributed by atoms with Crippen molar-refractivity contribution in [1.82, 2.24) is 0 Å². The first-order chi connectivity index (χ1) is 9.63. The molecule has 98 valence electrons. The van der Waals surface area contributed by atoms with Crippen LogP contribution in [0.4, 0.5) is 5.69 Å². The molecule has 0 fully saturated rings. The lowest BCUT2D eigenvalue weighted by Gasteiger charge is -2.04. The van der Waals surface area contributed by atoms with Gasteiger partial charge in [-0.1, -0.05) is 41.9 Å². The minimum absolute atomic E-state index is 0.0172. The summed E-state index contributed by atoms with van der Waals surface area (Å²) in [6, 6.07) is 16.9. The average molecular weight is 285 g/mol. The maximum Gasteiger partial charge on any atom is 0.269 e. The van der Waals surface area contributed by atoms with Gasteiger partial charge in [0.25, 0.3) is 5.69 Å². The van der Waals surface area contributed by atoms with E-state index in [0.717, 1.165) is 0 Å². The van der Waals surface area contributed by atoms with Crippen molar-refractivity contribution in [2.45, 2.75) is 0 Å². The van der Waals surface area contributed by atoms with Crippen molar-refractivity contribution in [2.75, 3.05) is 0 Å². The third kappa shape index (κ3) is 2.85. The van der Waals surface area contributed by atoms with Gasteiger partial charge in [-0.05, 0) is 23.3 Å². The van der Waals surface area contributed by atoms with Crippen LogP contribution in [0.5, 0.6) is 0 Å². The second-order valence-corrected chi connectivity index (χ2v) is 4.35. The summed E-state index contributed by atoms with van der Waals surface area (Å²) in [5.41, 5.74) is 1.59. The van der Waals surface area contributed by atoms with E-state index in [4.69, 9.17) is 11.6 Å². The molecular formula is C15H9ClN2O2. The minimum Gasteiger partial charge on any atom is -0.258 e. The fourth-order valence-electron chi connectivity index (χ4n) is 1.72. The third-order valence-corrected chi connectivity index (χ3v) is 3.13. The van der Waals surface area contributed by atoms with Crippen molar-refractivity contribution in [3.63, 3.8) is 0 Å². The van der Waals surface area contributed by atoms with Crippen molar-refractivity contribution in [3.8, 4) is 6.07 Å². The number of allylic oxidation sites excluding steroid dienone is 1. The van der Waals surface area contributed by atoms with E-state index in [1.165, 1.54) is 24.3 Å². The highest BCUT2D eigenvalue weighted by Crippen LogP contribution is 2.30. The number of nitro benzene ring substituents is 1. The molecule has 2 aromatic rings. The number of nitrogens with zero attached hydrogens (tertiary/aromatic N) is 2. The molecule has 0 amide bonds. The molecule has 0 bridgehead atoms. The van der Waals surface area contributed by atoms with Crippen molar-refractivity contribution in [3.05, 3.63) is 75.8 Å². The molecule has 0 atom stereocenters. The summed E-state index contributed by atoms with van der Waals surface area (Å²) in [6.07, 6.45) is 0. The van der Waals surface area contributed by atoms with Crippen molar-refractivity contribution in [2.24, 2.45) is 0 Å². The van der Waals surface area contributed by atoms with E-state index in [-0.39, 0.29) is 10.7 Å². The molecule has 0 heterocycles. The van der Waals surface area contributed by atoms with Gasteiger partial charge in [-0.15, -0.1) is 0 Å². The molecule has 0 N–H and O–H groups in total. The monoisotopic (exact) mass is 284 g/mol. The predicted octanol–water partition coefficient (Wildman–Crippen LogP) is 4.23. The molecular weight excluding hydrogens is 276 g/mol. The Morgan fingerprint density at radius 1 is 1.05 bits per heavy atom. The SMILES string of the molecule is N#CC(=C(Cl)c1ccc([N+](=O)[O-])cc1)c1ccccc1. The van der Waals surface area contributed by atoms with Crippen LogP contribution in [0.25, 0.3) is 10.6 Å². The average Bonchev–Trinajstić information content (AvgIpc) is 2.49. The molecule has 2 rings (SSSR count). The molecule has 0 saturated heterocycles. The van der Waals surface area contributed by atoms with Crippen LogP contribution in [-0.2, 0) is 0 Å². The molecule has 2 aromatic carbocycles. The van der Waals surface area contributed by atoms with Gasteiger partial charge in [-0.3, -0.25) is 10.1 Å². The lowest BCUT2D eigenvalue weighted by atomic mass is 10.0. The van der Waals surface area contributed by atoms with E-state index >= 15 is 0 Å². The van der Waals surface area contributed by atoms with Crippen molar-refractivity contribution >= 4 is 27.9 Å². The molecule has 5 heteroatoms. The molecule has 0 saturated carbocycles. The van der Waals surface area contributed by atoms with Gasteiger partial charge in [-0.2, -0.15) is 5.26 Å². The molecule has 0 aliphatic rings. The Morgan fingerprint density at radius 2 is 1.65 bits per heavy atom. The van der Waals surface area contributed by atoms with Crippen LogP contribution in [0.3, 0.4) is 0 Å². The lowest BCUT2D eigenvalue weighted by molar-refractivity contribution is -0.384. The Labute approximate surface area is 120 Å². The number of benzene rings is 2. The van der Waals surface area contributed by atoms with Gasteiger partial charge in [0.05, 0.1) is 15.5 Å². The molecule has 0 unspecified atom stereocenters. The molecule has 0 radical (unpaired) electrons. The zero-order valence-corrected chi connectivity index (χ0v) is 11.0. The van der Waals surface area contributed by atoms with Gasteiger partial charge >= 0.3 is 0 Å². The Kier molecular flexibility index (Phi) is 4.14. The maximum atomic E-state index is 10.6. The topological polar surface area (TPSA) is 66.9 Å². The highest BCUT2D eigenvalue weighted by Gasteiger charge is 2.11. The summed E-state index contributed by atoms with van der Waals surface area (Å²) >= 11 is 6.23. The summed E-state index contributed by atoms with van der Waals surface area (Å²) in [4.78, 5) is 10.1. The number of halogens is 1. The van der Waals surface area contributed by atoms with Gasteiger partial charge in [0.2, 0.25) is 0 Å². The Balaban J connectivity index is 2.47. The van der Waals surface area contributed by atoms with Gasteiger partial charge in [0.1, 0.15) is 6.07 Å². The van der Waals surface area contributed by atoms with Crippen LogP contribution in [0.15, 0.2) is 54.6 Å². The fourth-order valence-corrected chi connectivity index (χ4v) is 2.00. The highest BCUT2D eigenvalue weighted by molar-refractivity contribution is 6.53. The van der Waals surface area contributed by atoms with Crippen LogP contribution in [0.2, 0.25) is 0 Å². The maximum absolute atomic E-state index is 10.6. The predicted molar refractivity (Wildman–Crippen MR) is 77.8 cm³/mol. The number of hydrogen-bond donors (Lipinski definition) is 0.